The third-order valence-electron chi connectivity index (χ3n) is 2.73. The molecule has 0 spiro atoms. The Morgan fingerprint density at radius 2 is 2.22 bits per heavy atom. The Bertz CT molecular complexity index is 701. The van der Waals surface area contributed by atoms with Crippen LogP contribution in [0.25, 0.3) is 11.0 Å². The van der Waals surface area contributed by atoms with Crippen molar-refractivity contribution in [1.29, 1.82) is 0 Å². The van der Waals surface area contributed by atoms with Crippen LogP contribution in [0.2, 0.25) is 0 Å². The maximum absolute atomic E-state index is 9.08. The molecular weight excluding hydrogens is 230 g/mol. The summed E-state index contributed by atoms with van der Waals surface area (Å²) in [5.74, 6) is 0.592. The molecule has 0 amide bonds. The van der Waals surface area contributed by atoms with Gasteiger partial charge in [0.15, 0.2) is 0 Å². The normalized spacial score (nSPS) is 15.6. The molecular formula is C13H11N3O2. The Hall–Kier alpha value is -2.56. The van der Waals surface area contributed by atoms with Crippen LogP contribution in [-0.2, 0) is 0 Å². The lowest BCUT2D eigenvalue weighted by atomic mass is 10.2. The Morgan fingerprint density at radius 3 is 3.00 bits per heavy atom. The lowest BCUT2D eigenvalue weighted by molar-refractivity contribution is 0.302. The van der Waals surface area contributed by atoms with Crippen molar-refractivity contribution in [1.82, 2.24) is 0 Å². The summed E-state index contributed by atoms with van der Waals surface area (Å²) in [6, 6.07) is 9.12. The third-order valence-corrected chi connectivity index (χ3v) is 2.73. The van der Waals surface area contributed by atoms with Crippen molar-refractivity contribution in [3.8, 4) is 0 Å². The Morgan fingerprint density at radius 1 is 1.33 bits per heavy atom. The molecule has 5 nitrogen and oxygen atoms in total. The molecule has 1 aliphatic heterocycles. The quantitative estimate of drug-likeness (QED) is 0.614. The molecule has 0 bridgehead atoms. The molecule has 0 atom stereocenters. The number of para-hydroxylation sites is 1. The van der Waals surface area contributed by atoms with Gasteiger partial charge in [0.2, 0.25) is 5.88 Å². The summed E-state index contributed by atoms with van der Waals surface area (Å²) in [6.45, 7) is 0.677. The maximum Gasteiger partial charge on any atom is 0.203 e. The van der Waals surface area contributed by atoms with Crippen LogP contribution in [0.5, 0.6) is 0 Å². The molecule has 0 fully saturated rings. The van der Waals surface area contributed by atoms with Crippen LogP contribution in [0.1, 0.15) is 0 Å². The molecule has 5 heteroatoms. The molecule has 1 aromatic heterocycles. The zero-order valence-corrected chi connectivity index (χ0v) is 9.52. The van der Waals surface area contributed by atoms with Crippen LogP contribution in [0.4, 0.5) is 5.88 Å². The molecule has 0 aliphatic carbocycles. The fraction of sp³-hybridized carbons (Fsp3) is 0.0769. The number of benzene rings is 1. The highest BCUT2D eigenvalue weighted by Crippen LogP contribution is 2.18. The number of hydrogen-bond donors (Lipinski definition) is 1. The van der Waals surface area contributed by atoms with Gasteiger partial charge < -0.3 is 9.62 Å². The van der Waals surface area contributed by atoms with Gasteiger partial charge in [-0.25, -0.2) is 4.99 Å². The van der Waals surface area contributed by atoms with E-state index >= 15 is 0 Å². The summed E-state index contributed by atoms with van der Waals surface area (Å²) in [6.07, 6.45) is 5.32. The summed E-state index contributed by atoms with van der Waals surface area (Å²) in [5, 5.41) is 13.6. The van der Waals surface area contributed by atoms with Gasteiger partial charge in [-0.2, -0.15) is 0 Å². The van der Waals surface area contributed by atoms with Crippen LogP contribution >= 0.6 is 0 Å². The molecule has 0 saturated heterocycles. The average Bonchev–Trinajstić information content (AvgIpc) is 2.47. The molecule has 1 aromatic carbocycles. The number of nitrogens with zero attached hydrogens (tertiary/aromatic N) is 3. The first-order valence-corrected chi connectivity index (χ1v) is 5.54. The molecule has 0 saturated carbocycles. The van der Waals surface area contributed by atoms with Crippen molar-refractivity contribution in [2.24, 2.45) is 10.1 Å². The topological polar surface area (TPSA) is 61.3 Å². The highest BCUT2D eigenvalue weighted by atomic mass is 16.4. The van der Waals surface area contributed by atoms with E-state index in [-0.39, 0.29) is 0 Å². The van der Waals surface area contributed by atoms with E-state index < -0.39 is 0 Å². The van der Waals surface area contributed by atoms with E-state index in [4.69, 9.17) is 9.62 Å². The highest BCUT2D eigenvalue weighted by Gasteiger charge is 2.09. The summed E-state index contributed by atoms with van der Waals surface area (Å²) in [5.41, 5.74) is 0.672. The van der Waals surface area contributed by atoms with E-state index in [1.807, 2.05) is 35.2 Å². The molecule has 18 heavy (non-hydrogen) atoms. The van der Waals surface area contributed by atoms with E-state index in [0.29, 0.717) is 23.4 Å². The van der Waals surface area contributed by atoms with Crippen molar-refractivity contribution in [2.75, 3.05) is 11.4 Å². The van der Waals surface area contributed by atoms with Crippen LogP contribution in [0, 0.1) is 0 Å². The van der Waals surface area contributed by atoms with Gasteiger partial charge in [-0.3, -0.25) is 4.90 Å². The van der Waals surface area contributed by atoms with Gasteiger partial charge in [0.05, 0.1) is 6.34 Å². The summed E-state index contributed by atoms with van der Waals surface area (Å²) in [4.78, 5) is 5.87. The first-order valence-electron chi connectivity index (χ1n) is 5.54. The molecule has 2 aromatic rings. The molecule has 3 rings (SSSR count). The minimum atomic E-state index is 0.481. The van der Waals surface area contributed by atoms with Crippen LogP contribution in [-0.4, -0.2) is 18.1 Å². The number of fused-ring (bicyclic) bond motifs is 1. The van der Waals surface area contributed by atoms with Gasteiger partial charge in [-0.05, 0) is 18.2 Å². The highest BCUT2D eigenvalue weighted by molar-refractivity contribution is 5.82. The minimum Gasteiger partial charge on any atom is -0.440 e. The molecule has 0 unspecified atom stereocenters. The van der Waals surface area contributed by atoms with E-state index in [9.17, 15) is 0 Å². The van der Waals surface area contributed by atoms with Crippen molar-refractivity contribution in [3.63, 3.8) is 0 Å². The summed E-state index contributed by atoms with van der Waals surface area (Å²) < 4.78 is 5.77. The minimum absolute atomic E-state index is 0.481. The monoisotopic (exact) mass is 241 g/mol. The van der Waals surface area contributed by atoms with Crippen molar-refractivity contribution in [2.45, 2.75) is 0 Å². The Balaban J connectivity index is 2.20. The van der Waals surface area contributed by atoms with Crippen molar-refractivity contribution >= 4 is 23.2 Å². The predicted octanol–water partition coefficient (Wildman–Crippen LogP) is 2.08. The number of anilines is 1. The van der Waals surface area contributed by atoms with Gasteiger partial charge in [0.25, 0.3) is 0 Å². The maximum atomic E-state index is 9.08. The largest absolute Gasteiger partial charge is 0.440 e. The number of rotatable bonds is 1. The number of hydrogen-bond acceptors (Lipinski definition) is 5. The fourth-order valence-electron chi connectivity index (χ4n) is 1.86. The van der Waals surface area contributed by atoms with E-state index in [2.05, 4.69) is 10.1 Å². The zero-order valence-electron chi connectivity index (χ0n) is 9.52. The summed E-state index contributed by atoms with van der Waals surface area (Å²) in [7, 11) is 0. The molecule has 1 N–H and O–H groups in total. The predicted molar refractivity (Wildman–Crippen MR) is 68.5 cm³/mol. The smallest absolute Gasteiger partial charge is 0.203 e. The van der Waals surface area contributed by atoms with Gasteiger partial charge in [-0.1, -0.05) is 17.3 Å². The van der Waals surface area contributed by atoms with E-state index in [1.165, 1.54) is 0 Å². The zero-order chi connectivity index (χ0) is 12.4. The molecule has 2 heterocycles. The van der Waals surface area contributed by atoms with E-state index in [0.717, 1.165) is 5.39 Å². The SMILES string of the molecule is ON=c1cc(N2C=NC=CC2)oc2ccccc12. The van der Waals surface area contributed by atoms with Gasteiger partial charge >= 0.3 is 0 Å². The molecule has 0 radical (unpaired) electrons. The molecule has 90 valence electrons. The van der Waals surface area contributed by atoms with Crippen LogP contribution < -0.4 is 10.3 Å². The van der Waals surface area contributed by atoms with Crippen LogP contribution in [0.15, 0.2) is 57.2 Å². The average molecular weight is 241 g/mol. The van der Waals surface area contributed by atoms with Gasteiger partial charge in [0.1, 0.15) is 10.9 Å². The van der Waals surface area contributed by atoms with Crippen molar-refractivity contribution in [3.05, 3.63) is 48.0 Å². The fourth-order valence-corrected chi connectivity index (χ4v) is 1.86. The Labute approximate surface area is 103 Å². The second-order valence-corrected chi connectivity index (χ2v) is 3.87. The lowest BCUT2D eigenvalue weighted by Gasteiger charge is -2.18. The van der Waals surface area contributed by atoms with Gasteiger partial charge in [0, 0.05) is 24.2 Å². The molecule has 1 aliphatic rings. The van der Waals surface area contributed by atoms with Crippen LogP contribution in [0.3, 0.4) is 0 Å². The first-order chi connectivity index (χ1) is 8.88. The standard InChI is InChI=1S/C13H11N3O2/c17-15-11-8-13(16-7-3-6-14-9-16)18-12-5-2-1-4-10(11)12/h1-6,8-9,17H,7H2. The Kier molecular flexibility index (Phi) is 2.57. The third kappa shape index (κ3) is 1.75. The van der Waals surface area contributed by atoms with Crippen molar-refractivity contribution < 1.29 is 9.62 Å². The second kappa shape index (κ2) is 4.37. The first kappa shape index (κ1) is 10.6. The van der Waals surface area contributed by atoms with E-state index in [1.54, 1.807) is 18.6 Å². The second-order valence-electron chi connectivity index (χ2n) is 3.87. The number of aliphatic imine (C=N–C) groups is 1. The lowest BCUT2D eigenvalue weighted by Crippen LogP contribution is -2.24. The van der Waals surface area contributed by atoms with Gasteiger partial charge in [-0.15, -0.1) is 0 Å². The summed E-state index contributed by atoms with van der Waals surface area (Å²) >= 11 is 0.